The van der Waals surface area contributed by atoms with E-state index in [9.17, 15) is 23.1 Å². The molecule has 0 aromatic rings. The molecule has 15 heavy (non-hydrogen) atoms. The van der Waals surface area contributed by atoms with E-state index in [0.29, 0.717) is 0 Å². The minimum atomic E-state index is -5.03. The van der Waals surface area contributed by atoms with Crippen LogP contribution in [0.2, 0.25) is 0 Å². The molecule has 0 aliphatic heterocycles. The number of halogens is 3. The third-order valence-corrected chi connectivity index (χ3v) is 1.79. The minimum absolute atomic E-state index is 0.0208. The maximum atomic E-state index is 11.8. The van der Waals surface area contributed by atoms with E-state index >= 15 is 0 Å². The Morgan fingerprint density at radius 1 is 1.27 bits per heavy atom. The number of ketones is 1. The first-order valence-corrected chi connectivity index (χ1v) is 3.80. The Morgan fingerprint density at radius 3 is 1.93 bits per heavy atom. The summed E-state index contributed by atoms with van der Waals surface area (Å²) in [5.74, 6) is -4.89. The van der Waals surface area contributed by atoms with Crippen molar-refractivity contribution in [2.75, 3.05) is 14.2 Å². The summed E-state index contributed by atoms with van der Waals surface area (Å²) >= 11 is 0. The third-order valence-electron chi connectivity index (χ3n) is 1.79. The van der Waals surface area contributed by atoms with E-state index in [1.807, 2.05) is 0 Å². The van der Waals surface area contributed by atoms with Crippen molar-refractivity contribution in [1.82, 2.24) is 0 Å². The highest BCUT2D eigenvalue weighted by Gasteiger charge is 2.39. The zero-order chi connectivity index (χ0) is 12.3. The maximum absolute atomic E-state index is 11.8. The van der Waals surface area contributed by atoms with Crippen molar-refractivity contribution in [2.24, 2.45) is 0 Å². The molecule has 0 saturated carbocycles. The molecule has 0 heterocycles. The number of allylic oxidation sites excluding steroid dienone is 1. The number of aliphatic hydroxyl groups excluding tert-OH is 1. The van der Waals surface area contributed by atoms with Crippen LogP contribution in [0.1, 0.15) is 6.92 Å². The highest BCUT2D eigenvalue weighted by atomic mass is 19.4. The standard InChI is InChI=1S/C8H11F3O4/c1-7(14-2,15-3)5(12)4-6(13)8(9,10)11/h4,12H,1-3H3. The lowest BCUT2D eigenvalue weighted by molar-refractivity contribution is -0.186. The molecule has 88 valence electrons. The van der Waals surface area contributed by atoms with Gasteiger partial charge < -0.3 is 14.6 Å². The summed E-state index contributed by atoms with van der Waals surface area (Å²) in [4.78, 5) is 10.5. The Balaban J connectivity index is 4.92. The molecule has 0 atom stereocenters. The molecule has 4 nitrogen and oxygen atoms in total. The van der Waals surface area contributed by atoms with Crippen LogP contribution in [0.15, 0.2) is 11.8 Å². The van der Waals surface area contributed by atoms with Crippen molar-refractivity contribution < 1.29 is 32.5 Å². The van der Waals surface area contributed by atoms with Crippen molar-refractivity contribution in [3.8, 4) is 0 Å². The maximum Gasteiger partial charge on any atom is 0.454 e. The molecule has 0 bridgehead atoms. The molecule has 0 aromatic heterocycles. The van der Waals surface area contributed by atoms with Gasteiger partial charge in [-0.25, -0.2) is 0 Å². The largest absolute Gasteiger partial charge is 0.507 e. The lowest BCUT2D eigenvalue weighted by atomic mass is 10.2. The molecule has 0 unspecified atom stereocenters. The molecule has 1 N–H and O–H groups in total. The van der Waals surface area contributed by atoms with Gasteiger partial charge in [-0.3, -0.25) is 4.79 Å². The van der Waals surface area contributed by atoms with E-state index in [1.165, 1.54) is 6.92 Å². The average Bonchev–Trinajstić information content (AvgIpc) is 2.14. The van der Waals surface area contributed by atoms with Gasteiger partial charge in [0, 0.05) is 20.3 Å². The number of carbonyl (C=O) groups excluding carboxylic acids is 1. The van der Waals surface area contributed by atoms with Crippen LogP contribution in [-0.2, 0) is 14.3 Å². The summed E-state index contributed by atoms with van der Waals surface area (Å²) < 4.78 is 44.7. The summed E-state index contributed by atoms with van der Waals surface area (Å²) in [7, 11) is 2.23. The molecular weight excluding hydrogens is 217 g/mol. The molecule has 7 heteroatoms. The second-order valence-corrected chi connectivity index (χ2v) is 2.75. The molecule has 0 spiro atoms. The predicted octanol–water partition coefficient (Wildman–Crippen LogP) is 1.57. The fraction of sp³-hybridized carbons (Fsp3) is 0.625. The second kappa shape index (κ2) is 4.63. The topological polar surface area (TPSA) is 55.8 Å². The fourth-order valence-electron chi connectivity index (χ4n) is 0.630. The van der Waals surface area contributed by atoms with Crippen molar-refractivity contribution in [3.05, 3.63) is 11.8 Å². The van der Waals surface area contributed by atoms with E-state index < -0.39 is 23.5 Å². The summed E-state index contributed by atoms with van der Waals surface area (Å²) in [5.41, 5.74) is 0. The number of alkyl halides is 3. The van der Waals surface area contributed by atoms with Crippen LogP contribution in [0.25, 0.3) is 0 Å². The molecule has 0 aliphatic carbocycles. The van der Waals surface area contributed by atoms with Crippen LogP contribution in [-0.4, -0.2) is 37.1 Å². The normalized spacial score (nSPS) is 14.1. The number of hydrogen-bond donors (Lipinski definition) is 1. The number of hydrogen-bond acceptors (Lipinski definition) is 4. The van der Waals surface area contributed by atoms with Gasteiger partial charge in [0.1, 0.15) is 0 Å². The summed E-state index contributed by atoms with van der Waals surface area (Å²) in [6.07, 6.45) is -5.01. The summed E-state index contributed by atoms with van der Waals surface area (Å²) in [6, 6.07) is 0. The lowest BCUT2D eigenvalue weighted by Crippen LogP contribution is -2.33. The monoisotopic (exact) mass is 228 g/mol. The number of carbonyl (C=O) groups is 1. The van der Waals surface area contributed by atoms with Crippen LogP contribution in [0.3, 0.4) is 0 Å². The van der Waals surface area contributed by atoms with Gasteiger partial charge in [0.2, 0.25) is 5.79 Å². The number of aliphatic hydroxyl groups is 1. The summed E-state index contributed by atoms with van der Waals surface area (Å²) in [6.45, 7) is 1.17. The van der Waals surface area contributed by atoms with Gasteiger partial charge in [-0.15, -0.1) is 0 Å². The van der Waals surface area contributed by atoms with Crippen molar-refractivity contribution in [3.63, 3.8) is 0 Å². The molecule has 0 saturated heterocycles. The highest BCUT2D eigenvalue weighted by Crippen LogP contribution is 2.22. The Bertz CT molecular complexity index is 266. The summed E-state index contributed by atoms with van der Waals surface area (Å²) in [5, 5.41) is 9.19. The first kappa shape index (κ1) is 13.9. The number of methoxy groups -OCH3 is 2. The second-order valence-electron chi connectivity index (χ2n) is 2.75. The van der Waals surface area contributed by atoms with Crippen molar-refractivity contribution in [2.45, 2.75) is 18.9 Å². The number of ether oxygens (including phenoxy) is 2. The van der Waals surface area contributed by atoms with Gasteiger partial charge in [0.15, 0.2) is 5.76 Å². The van der Waals surface area contributed by atoms with Crippen LogP contribution in [0.5, 0.6) is 0 Å². The van der Waals surface area contributed by atoms with Crippen LogP contribution < -0.4 is 0 Å². The van der Waals surface area contributed by atoms with Crippen LogP contribution in [0, 0.1) is 0 Å². The smallest absolute Gasteiger partial charge is 0.454 e. The predicted molar refractivity (Wildman–Crippen MR) is 44.2 cm³/mol. The Morgan fingerprint density at radius 2 is 1.67 bits per heavy atom. The van der Waals surface area contributed by atoms with E-state index in [1.54, 1.807) is 0 Å². The van der Waals surface area contributed by atoms with E-state index in [0.717, 1.165) is 14.2 Å². The molecular formula is C8H11F3O4. The first-order valence-electron chi connectivity index (χ1n) is 3.80. The Labute approximate surface area is 84.3 Å². The fourth-order valence-corrected chi connectivity index (χ4v) is 0.630. The molecule has 0 fully saturated rings. The highest BCUT2D eigenvalue weighted by molar-refractivity contribution is 5.94. The van der Waals surface area contributed by atoms with Crippen LogP contribution in [0.4, 0.5) is 13.2 Å². The van der Waals surface area contributed by atoms with Gasteiger partial charge >= 0.3 is 6.18 Å². The van der Waals surface area contributed by atoms with E-state index in [-0.39, 0.29) is 6.08 Å². The molecule has 0 aliphatic rings. The minimum Gasteiger partial charge on any atom is -0.507 e. The molecule has 0 radical (unpaired) electrons. The lowest BCUT2D eigenvalue weighted by Gasteiger charge is -2.25. The van der Waals surface area contributed by atoms with Gasteiger partial charge in [0.05, 0.1) is 0 Å². The van der Waals surface area contributed by atoms with E-state index in [2.05, 4.69) is 9.47 Å². The van der Waals surface area contributed by atoms with Gasteiger partial charge in [-0.05, 0) is 6.92 Å². The molecule has 0 amide bonds. The SMILES string of the molecule is COC(C)(OC)C(O)=CC(=O)C(F)(F)F. The van der Waals surface area contributed by atoms with E-state index in [4.69, 9.17) is 0 Å². The first-order chi connectivity index (χ1) is 6.67. The quantitative estimate of drug-likeness (QED) is 0.450. The van der Waals surface area contributed by atoms with Crippen molar-refractivity contribution >= 4 is 5.78 Å². The number of rotatable bonds is 4. The third kappa shape index (κ3) is 3.52. The van der Waals surface area contributed by atoms with Gasteiger partial charge in [-0.2, -0.15) is 13.2 Å². The van der Waals surface area contributed by atoms with Gasteiger partial charge in [-0.1, -0.05) is 0 Å². The Kier molecular flexibility index (Phi) is 4.29. The average molecular weight is 228 g/mol. The molecule has 0 rings (SSSR count). The molecule has 0 aromatic carbocycles. The Hall–Kier alpha value is -1.08. The van der Waals surface area contributed by atoms with Crippen molar-refractivity contribution in [1.29, 1.82) is 0 Å². The zero-order valence-corrected chi connectivity index (χ0v) is 8.38. The van der Waals surface area contributed by atoms with Gasteiger partial charge in [0.25, 0.3) is 5.78 Å². The zero-order valence-electron chi connectivity index (χ0n) is 8.38. The van der Waals surface area contributed by atoms with Crippen LogP contribution >= 0.6 is 0 Å².